The maximum Gasteiger partial charge on any atom is 0.308 e. The first kappa shape index (κ1) is 23.5. The van der Waals surface area contributed by atoms with Crippen LogP contribution in [0.1, 0.15) is 18.1 Å². The molecule has 0 aliphatic rings. The highest BCUT2D eigenvalue weighted by atomic mass is 35.5. The Morgan fingerprint density at radius 1 is 1.09 bits per heavy atom. The first-order chi connectivity index (χ1) is 15.7. The SMILES string of the molecule is Cc1ccccc1OC[C@@H](C)NS(=O)(=O)c1ccc2c(c1)sc(=O)n2Cc1ccc(Cl)cc1. The molecular weight excluding hydrogens is 480 g/mol. The minimum absolute atomic E-state index is 0.109. The third-order valence-corrected chi connectivity index (χ3v) is 7.92. The molecule has 4 aromatic rings. The predicted octanol–water partition coefficient (Wildman–Crippen LogP) is 4.82. The first-order valence-corrected chi connectivity index (χ1v) is 13.0. The summed E-state index contributed by atoms with van der Waals surface area (Å²) < 4.78 is 36.5. The molecule has 1 N–H and O–H groups in total. The van der Waals surface area contributed by atoms with Gasteiger partial charge in [0.1, 0.15) is 12.4 Å². The molecule has 172 valence electrons. The van der Waals surface area contributed by atoms with Crippen molar-refractivity contribution in [2.24, 2.45) is 0 Å². The van der Waals surface area contributed by atoms with E-state index in [1.54, 1.807) is 29.7 Å². The average Bonchev–Trinajstić information content (AvgIpc) is 3.08. The molecule has 0 aliphatic carbocycles. The van der Waals surface area contributed by atoms with Crippen LogP contribution in [0.5, 0.6) is 5.75 Å². The number of thiazole rings is 1. The molecule has 0 saturated heterocycles. The molecule has 0 aliphatic heterocycles. The van der Waals surface area contributed by atoms with Crippen molar-refractivity contribution in [2.45, 2.75) is 31.3 Å². The number of rotatable bonds is 8. The number of benzene rings is 3. The predicted molar refractivity (Wildman–Crippen MR) is 133 cm³/mol. The van der Waals surface area contributed by atoms with Crippen LogP contribution in [0.2, 0.25) is 5.02 Å². The maximum absolute atomic E-state index is 12.9. The molecule has 1 aromatic heterocycles. The molecule has 0 spiro atoms. The monoisotopic (exact) mass is 502 g/mol. The summed E-state index contributed by atoms with van der Waals surface area (Å²) in [4.78, 5) is 12.5. The van der Waals surface area contributed by atoms with Gasteiger partial charge in [-0.1, -0.05) is 53.3 Å². The molecule has 0 unspecified atom stereocenters. The number of ether oxygens (including phenoxy) is 1. The van der Waals surface area contributed by atoms with E-state index < -0.39 is 16.1 Å². The number of halogens is 1. The lowest BCUT2D eigenvalue weighted by Crippen LogP contribution is -2.36. The zero-order valence-corrected chi connectivity index (χ0v) is 20.5. The van der Waals surface area contributed by atoms with Gasteiger partial charge in [0.2, 0.25) is 10.0 Å². The summed E-state index contributed by atoms with van der Waals surface area (Å²) in [5.41, 5.74) is 2.60. The fourth-order valence-corrected chi connectivity index (χ4v) is 5.82. The highest BCUT2D eigenvalue weighted by molar-refractivity contribution is 7.89. The summed E-state index contributed by atoms with van der Waals surface area (Å²) in [6.45, 7) is 4.25. The third-order valence-electron chi connectivity index (χ3n) is 5.14. The zero-order valence-electron chi connectivity index (χ0n) is 18.1. The minimum atomic E-state index is -3.78. The van der Waals surface area contributed by atoms with Crippen LogP contribution in [0, 0.1) is 6.92 Å². The fraction of sp³-hybridized carbons (Fsp3) is 0.208. The lowest BCUT2D eigenvalue weighted by Gasteiger charge is -2.16. The van der Waals surface area contributed by atoms with Crippen LogP contribution in [0.4, 0.5) is 0 Å². The van der Waals surface area contributed by atoms with Crippen molar-refractivity contribution in [3.8, 4) is 5.75 Å². The Morgan fingerprint density at radius 3 is 2.55 bits per heavy atom. The number of nitrogens with one attached hydrogen (secondary N) is 1. The molecule has 9 heteroatoms. The minimum Gasteiger partial charge on any atom is -0.492 e. The van der Waals surface area contributed by atoms with Gasteiger partial charge in [0.05, 0.1) is 27.7 Å². The largest absolute Gasteiger partial charge is 0.492 e. The van der Waals surface area contributed by atoms with Crippen LogP contribution in [0.3, 0.4) is 0 Å². The van der Waals surface area contributed by atoms with E-state index in [9.17, 15) is 13.2 Å². The fourth-order valence-electron chi connectivity index (χ4n) is 3.44. The van der Waals surface area contributed by atoms with Gasteiger partial charge in [-0.2, -0.15) is 0 Å². The van der Waals surface area contributed by atoms with E-state index in [0.29, 0.717) is 21.8 Å². The number of aryl methyl sites for hydroxylation is 1. The second-order valence-corrected chi connectivity index (χ2v) is 11.0. The van der Waals surface area contributed by atoms with Gasteiger partial charge in [0.25, 0.3) is 0 Å². The molecule has 0 amide bonds. The second-order valence-electron chi connectivity index (χ2n) is 7.81. The highest BCUT2D eigenvalue weighted by Gasteiger charge is 2.20. The molecule has 3 aromatic carbocycles. The molecule has 1 heterocycles. The van der Waals surface area contributed by atoms with Crippen LogP contribution >= 0.6 is 22.9 Å². The Labute approximate surface area is 201 Å². The van der Waals surface area contributed by atoms with Gasteiger partial charge in [0, 0.05) is 5.02 Å². The standard InChI is InChI=1S/C24H23ClN2O4S2/c1-16-5-3-4-6-22(16)31-15-17(2)26-33(29,30)20-11-12-21-23(13-20)32-24(28)27(21)14-18-7-9-19(25)10-8-18/h3-13,17,26H,14-15H2,1-2H3/t17-/m1/s1. The molecule has 0 bridgehead atoms. The van der Waals surface area contributed by atoms with E-state index in [-0.39, 0.29) is 16.4 Å². The Bertz CT molecular complexity index is 1440. The smallest absolute Gasteiger partial charge is 0.308 e. The quantitative estimate of drug-likeness (QED) is 0.375. The summed E-state index contributed by atoms with van der Waals surface area (Å²) in [5.74, 6) is 0.719. The summed E-state index contributed by atoms with van der Waals surface area (Å²) in [6, 6.07) is 19.1. The van der Waals surface area contributed by atoms with Crippen molar-refractivity contribution >= 4 is 43.2 Å². The van der Waals surface area contributed by atoms with Crippen LogP contribution in [0.15, 0.2) is 76.4 Å². The number of sulfonamides is 1. The van der Waals surface area contributed by atoms with Crippen molar-refractivity contribution in [1.82, 2.24) is 9.29 Å². The number of fused-ring (bicyclic) bond motifs is 1. The van der Waals surface area contributed by atoms with Crippen molar-refractivity contribution in [3.05, 3.63) is 92.5 Å². The molecule has 6 nitrogen and oxygen atoms in total. The number of para-hydroxylation sites is 1. The number of aromatic nitrogens is 1. The van der Waals surface area contributed by atoms with Crippen LogP contribution < -0.4 is 14.3 Å². The van der Waals surface area contributed by atoms with Gasteiger partial charge >= 0.3 is 4.87 Å². The lowest BCUT2D eigenvalue weighted by atomic mass is 10.2. The van der Waals surface area contributed by atoms with Crippen molar-refractivity contribution in [3.63, 3.8) is 0 Å². The Morgan fingerprint density at radius 2 is 1.82 bits per heavy atom. The summed E-state index contributed by atoms with van der Waals surface area (Å²) >= 11 is 6.96. The second kappa shape index (κ2) is 9.69. The topological polar surface area (TPSA) is 77.4 Å². The molecule has 4 rings (SSSR count). The average molecular weight is 503 g/mol. The summed E-state index contributed by atoms with van der Waals surface area (Å²) in [7, 11) is -3.78. The van der Waals surface area contributed by atoms with E-state index in [1.807, 2.05) is 43.3 Å². The van der Waals surface area contributed by atoms with Gasteiger partial charge in [-0.3, -0.25) is 9.36 Å². The van der Waals surface area contributed by atoms with Gasteiger partial charge in [0.15, 0.2) is 0 Å². The Kier molecular flexibility index (Phi) is 6.90. The molecule has 1 atom stereocenters. The van der Waals surface area contributed by atoms with E-state index in [4.69, 9.17) is 16.3 Å². The van der Waals surface area contributed by atoms with Crippen LogP contribution in [-0.2, 0) is 16.6 Å². The summed E-state index contributed by atoms with van der Waals surface area (Å²) in [6.07, 6.45) is 0. The van der Waals surface area contributed by atoms with Crippen LogP contribution in [0.25, 0.3) is 10.2 Å². The van der Waals surface area contributed by atoms with Gasteiger partial charge in [-0.15, -0.1) is 0 Å². The number of hydrogen-bond acceptors (Lipinski definition) is 5. The molecule has 0 radical (unpaired) electrons. The maximum atomic E-state index is 12.9. The lowest BCUT2D eigenvalue weighted by molar-refractivity contribution is 0.286. The van der Waals surface area contributed by atoms with Crippen molar-refractivity contribution < 1.29 is 13.2 Å². The van der Waals surface area contributed by atoms with E-state index in [0.717, 1.165) is 28.2 Å². The highest BCUT2D eigenvalue weighted by Crippen LogP contribution is 2.23. The van der Waals surface area contributed by atoms with E-state index in [1.165, 1.54) is 12.1 Å². The molecule has 0 saturated carbocycles. The first-order valence-electron chi connectivity index (χ1n) is 10.3. The van der Waals surface area contributed by atoms with Crippen LogP contribution in [-0.4, -0.2) is 25.6 Å². The Hall–Kier alpha value is -2.65. The van der Waals surface area contributed by atoms with Crippen molar-refractivity contribution in [1.29, 1.82) is 0 Å². The van der Waals surface area contributed by atoms with Crippen molar-refractivity contribution in [2.75, 3.05) is 6.61 Å². The van der Waals surface area contributed by atoms with Gasteiger partial charge in [-0.25, -0.2) is 13.1 Å². The third kappa shape index (κ3) is 5.47. The molecule has 33 heavy (non-hydrogen) atoms. The molecule has 0 fully saturated rings. The molecular formula is C24H23ClN2O4S2. The van der Waals surface area contributed by atoms with Gasteiger partial charge < -0.3 is 4.74 Å². The zero-order chi connectivity index (χ0) is 23.6. The van der Waals surface area contributed by atoms with Gasteiger partial charge in [-0.05, 0) is 61.4 Å². The Balaban J connectivity index is 1.51. The number of hydrogen-bond donors (Lipinski definition) is 1. The normalized spacial score (nSPS) is 12.7. The number of nitrogens with zero attached hydrogens (tertiary/aromatic N) is 1. The van der Waals surface area contributed by atoms with E-state index in [2.05, 4.69) is 4.72 Å². The van der Waals surface area contributed by atoms with E-state index >= 15 is 0 Å². The summed E-state index contributed by atoms with van der Waals surface area (Å²) in [5, 5.41) is 0.627.